The van der Waals surface area contributed by atoms with Gasteiger partial charge in [0.2, 0.25) is 5.91 Å². The molecule has 200 valence electrons. The van der Waals surface area contributed by atoms with Gasteiger partial charge in [-0.15, -0.1) is 0 Å². The molecule has 2 aliphatic rings. The molecule has 0 aromatic heterocycles. The molecule has 0 aliphatic carbocycles. The average Bonchev–Trinajstić information content (AvgIpc) is 3.32. The van der Waals surface area contributed by atoms with Crippen molar-refractivity contribution < 1.29 is 23.8 Å². The number of esters is 1. The summed E-state index contributed by atoms with van der Waals surface area (Å²) in [5, 5.41) is 5.64. The maximum Gasteiger partial charge on any atom is 0.338 e. The number of rotatable bonds is 10. The van der Waals surface area contributed by atoms with E-state index in [4.69, 9.17) is 19.2 Å². The Labute approximate surface area is 227 Å². The third-order valence-electron chi connectivity index (χ3n) is 6.48. The summed E-state index contributed by atoms with van der Waals surface area (Å²) < 4.78 is 16.8. The number of benzene rings is 2. The van der Waals surface area contributed by atoms with E-state index in [-0.39, 0.29) is 25.0 Å². The first kappa shape index (κ1) is 27.3. The van der Waals surface area contributed by atoms with Gasteiger partial charge in [0.05, 0.1) is 38.0 Å². The van der Waals surface area contributed by atoms with Gasteiger partial charge < -0.3 is 24.4 Å². The molecular weight excluding hydrogens is 502 g/mol. The van der Waals surface area contributed by atoms with Crippen LogP contribution in [0.2, 0.25) is 0 Å². The van der Waals surface area contributed by atoms with Crippen molar-refractivity contribution in [1.29, 1.82) is 0 Å². The number of nitrogens with zero attached hydrogens (tertiary/aromatic N) is 2. The Kier molecular flexibility index (Phi) is 8.78. The van der Waals surface area contributed by atoms with Crippen LogP contribution in [-0.4, -0.2) is 42.2 Å². The van der Waals surface area contributed by atoms with Gasteiger partial charge in [-0.3, -0.25) is 4.79 Å². The number of fused-ring (bicyclic) bond motifs is 1. The maximum atomic E-state index is 13.6. The fourth-order valence-electron chi connectivity index (χ4n) is 4.33. The molecule has 2 atom stereocenters. The molecule has 0 radical (unpaired) electrons. The third kappa shape index (κ3) is 6.05. The molecule has 38 heavy (non-hydrogen) atoms. The van der Waals surface area contributed by atoms with Gasteiger partial charge in [-0.05, 0) is 48.9 Å². The van der Waals surface area contributed by atoms with Gasteiger partial charge >= 0.3 is 5.97 Å². The van der Waals surface area contributed by atoms with Crippen molar-refractivity contribution in [3.8, 4) is 11.5 Å². The van der Waals surface area contributed by atoms with Crippen LogP contribution in [0.1, 0.15) is 50.8 Å². The van der Waals surface area contributed by atoms with Gasteiger partial charge in [0.15, 0.2) is 5.17 Å². The van der Waals surface area contributed by atoms with Gasteiger partial charge in [-0.2, -0.15) is 0 Å². The van der Waals surface area contributed by atoms with Gasteiger partial charge in [-0.1, -0.05) is 49.0 Å². The smallest absolute Gasteiger partial charge is 0.338 e. The lowest BCUT2D eigenvalue weighted by Gasteiger charge is -2.36. The number of amidine groups is 1. The van der Waals surface area contributed by atoms with Crippen molar-refractivity contribution in [3.05, 3.63) is 82.0 Å². The van der Waals surface area contributed by atoms with E-state index in [1.165, 1.54) is 11.8 Å². The fourth-order valence-corrected chi connectivity index (χ4v) is 5.29. The molecule has 8 nitrogen and oxygen atoms in total. The van der Waals surface area contributed by atoms with Crippen LogP contribution < -0.4 is 14.8 Å². The largest absolute Gasteiger partial charge is 0.497 e. The number of carbonyl (C=O) groups excluding carboxylic acids is 2. The molecule has 2 aliphatic heterocycles. The lowest BCUT2D eigenvalue weighted by molar-refractivity contribution is -0.141. The standard InChI is InChI=1S/C29H33N3O5S/c1-6-18(2)30-25(33)14-22-17-38-29-31-19(3)26(28(34)37-16-20-10-8-7-9-11-20)27(32(22)29)21-12-23(35-4)15-24(13-21)36-5/h7-13,15,17-18,27H,6,14,16H2,1-5H3,(H,30,33). The predicted octanol–water partition coefficient (Wildman–Crippen LogP) is 5.33. The number of methoxy groups -OCH3 is 2. The van der Waals surface area contributed by atoms with E-state index >= 15 is 0 Å². The minimum Gasteiger partial charge on any atom is -0.497 e. The van der Waals surface area contributed by atoms with Gasteiger partial charge in [0, 0.05) is 17.8 Å². The number of hydrogen-bond donors (Lipinski definition) is 1. The van der Waals surface area contributed by atoms with Crippen LogP contribution in [-0.2, 0) is 20.9 Å². The molecule has 4 rings (SSSR count). The normalized spacial score (nSPS) is 17.3. The highest BCUT2D eigenvalue weighted by atomic mass is 32.2. The van der Waals surface area contributed by atoms with Crippen molar-refractivity contribution >= 4 is 28.8 Å². The zero-order chi connectivity index (χ0) is 27.2. The number of allylic oxidation sites excluding steroid dienone is 1. The molecule has 9 heteroatoms. The molecule has 0 fully saturated rings. The van der Waals surface area contributed by atoms with Crippen molar-refractivity contribution in [2.45, 2.75) is 52.3 Å². The first-order valence-electron chi connectivity index (χ1n) is 12.5. The lowest BCUT2D eigenvalue weighted by Crippen LogP contribution is -2.39. The minimum absolute atomic E-state index is 0.0655. The number of ether oxygens (including phenoxy) is 3. The molecule has 0 saturated heterocycles. The Hall–Kier alpha value is -3.72. The summed E-state index contributed by atoms with van der Waals surface area (Å²) in [7, 11) is 3.16. The molecule has 1 amide bonds. The highest BCUT2D eigenvalue weighted by Crippen LogP contribution is 2.46. The highest BCUT2D eigenvalue weighted by molar-refractivity contribution is 8.16. The predicted molar refractivity (Wildman–Crippen MR) is 149 cm³/mol. The second-order valence-electron chi connectivity index (χ2n) is 9.15. The lowest BCUT2D eigenvalue weighted by atomic mass is 9.93. The molecule has 0 bridgehead atoms. The molecule has 1 N–H and O–H groups in total. The Balaban J connectivity index is 1.73. The van der Waals surface area contributed by atoms with Gasteiger partial charge in [0.25, 0.3) is 0 Å². The quantitative estimate of drug-likeness (QED) is 0.412. The first-order chi connectivity index (χ1) is 18.3. The summed E-state index contributed by atoms with van der Waals surface area (Å²) >= 11 is 1.43. The van der Waals surface area contributed by atoms with Crippen LogP contribution in [0.15, 0.2) is 75.9 Å². The zero-order valence-corrected chi connectivity index (χ0v) is 23.1. The van der Waals surface area contributed by atoms with Crippen LogP contribution >= 0.6 is 11.8 Å². The summed E-state index contributed by atoms with van der Waals surface area (Å²) in [6.45, 7) is 5.94. The Morgan fingerprint density at radius 1 is 1.11 bits per heavy atom. The first-order valence-corrected chi connectivity index (χ1v) is 13.4. The number of amides is 1. The summed E-state index contributed by atoms with van der Waals surface area (Å²) in [4.78, 5) is 33.2. The number of carbonyl (C=O) groups is 2. The maximum absolute atomic E-state index is 13.6. The van der Waals surface area contributed by atoms with Crippen LogP contribution in [0.4, 0.5) is 0 Å². The van der Waals surface area contributed by atoms with Crippen molar-refractivity contribution in [3.63, 3.8) is 0 Å². The van der Waals surface area contributed by atoms with E-state index in [1.807, 2.05) is 73.5 Å². The number of thioether (sulfide) groups is 1. The summed E-state index contributed by atoms with van der Waals surface area (Å²) in [5.74, 6) is 0.616. The van der Waals surface area contributed by atoms with E-state index in [0.717, 1.165) is 23.2 Å². The van der Waals surface area contributed by atoms with Crippen LogP contribution in [0.5, 0.6) is 11.5 Å². The number of hydrogen-bond acceptors (Lipinski definition) is 8. The molecular formula is C29H33N3O5S. The summed E-state index contributed by atoms with van der Waals surface area (Å²) in [5.41, 5.74) is 3.36. The Bertz CT molecular complexity index is 1270. The average molecular weight is 536 g/mol. The minimum atomic E-state index is -0.590. The summed E-state index contributed by atoms with van der Waals surface area (Å²) in [6, 6.07) is 14.5. The van der Waals surface area contributed by atoms with Crippen LogP contribution in [0.25, 0.3) is 0 Å². The Morgan fingerprint density at radius 2 is 1.79 bits per heavy atom. The highest BCUT2D eigenvalue weighted by Gasteiger charge is 2.41. The molecule has 0 spiro atoms. The fraction of sp³-hybridized carbons (Fsp3) is 0.345. The second kappa shape index (κ2) is 12.2. The topological polar surface area (TPSA) is 89.5 Å². The number of nitrogens with one attached hydrogen (secondary N) is 1. The van der Waals surface area contributed by atoms with E-state index in [1.54, 1.807) is 20.3 Å². The number of aliphatic imine (C=N–C) groups is 1. The Morgan fingerprint density at radius 3 is 2.42 bits per heavy atom. The van der Waals surface area contributed by atoms with Crippen molar-refractivity contribution in [1.82, 2.24) is 10.2 Å². The van der Waals surface area contributed by atoms with E-state index in [9.17, 15) is 9.59 Å². The zero-order valence-electron chi connectivity index (χ0n) is 22.3. The SMILES string of the molecule is CCC(C)NC(=O)CC1=CSC2=NC(C)=C(C(=O)OCc3ccccc3)C(c3cc(OC)cc(OC)c3)N12. The van der Waals surface area contributed by atoms with Gasteiger partial charge in [-0.25, -0.2) is 9.79 Å². The molecule has 2 unspecified atom stereocenters. The van der Waals surface area contributed by atoms with Crippen LogP contribution in [0, 0.1) is 0 Å². The molecule has 2 heterocycles. The summed E-state index contributed by atoms with van der Waals surface area (Å²) in [6.07, 6.45) is 0.987. The third-order valence-corrected chi connectivity index (χ3v) is 7.37. The van der Waals surface area contributed by atoms with E-state index < -0.39 is 12.0 Å². The molecule has 2 aromatic carbocycles. The molecule has 2 aromatic rings. The van der Waals surface area contributed by atoms with E-state index in [2.05, 4.69) is 5.32 Å². The molecule has 0 saturated carbocycles. The van der Waals surface area contributed by atoms with Crippen molar-refractivity contribution in [2.75, 3.05) is 14.2 Å². The monoisotopic (exact) mass is 535 g/mol. The second-order valence-corrected chi connectivity index (χ2v) is 9.99. The van der Waals surface area contributed by atoms with E-state index in [0.29, 0.717) is 27.9 Å². The van der Waals surface area contributed by atoms with Crippen molar-refractivity contribution in [2.24, 2.45) is 4.99 Å². The van der Waals surface area contributed by atoms with Gasteiger partial charge in [0.1, 0.15) is 18.1 Å². The van der Waals surface area contributed by atoms with Crippen LogP contribution in [0.3, 0.4) is 0 Å².